The Hall–Kier alpha value is -3.39. The smallest absolute Gasteiger partial charge is 0.311 e. The zero-order chi connectivity index (χ0) is 21.2. The number of nitrogens with zero attached hydrogens (tertiary/aromatic N) is 2. The van der Waals surface area contributed by atoms with Crippen molar-refractivity contribution in [3.8, 4) is 11.5 Å². The SMILES string of the molecule is CCOC(=O)Cc1csc(NN=Cc2cc(OCc3ccccc3)ccc2OC)n1. The van der Waals surface area contributed by atoms with Crippen LogP contribution < -0.4 is 14.9 Å². The number of esters is 1. The summed E-state index contributed by atoms with van der Waals surface area (Å²) in [4.78, 5) is 15.9. The van der Waals surface area contributed by atoms with Gasteiger partial charge in [-0.2, -0.15) is 5.10 Å². The van der Waals surface area contributed by atoms with Crippen molar-refractivity contribution in [2.75, 3.05) is 19.1 Å². The van der Waals surface area contributed by atoms with Gasteiger partial charge in [-0.05, 0) is 30.7 Å². The van der Waals surface area contributed by atoms with Crippen molar-refractivity contribution >= 4 is 28.7 Å². The topological polar surface area (TPSA) is 82.0 Å². The Morgan fingerprint density at radius 3 is 2.83 bits per heavy atom. The summed E-state index contributed by atoms with van der Waals surface area (Å²) in [5.41, 5.74) is 5.37. The number of rotatable bonds is 10. The van der Waals surface area contributed by atoms with Gasteiger partial charge in [-0.15, -0.1) is 11.3 Å². The van der Waals surface area contributed by atoms with Crippen LogP contribution in [-0.4, -0.2) is 30.9 Å². The van der Waals surface area contributed by atoms with Crippen LogP contribution in [0.2, 0.25) is 0 Å². The minimum Gasteiger partial charge on any atom is -0.496 e. The minimum atomic E-state index is -0.296. The first-order valence-corrected chi connectivity index (χ1v) is 10.3. The molecule has 1 heterocycles. The molecular weight excluding hydrogens is 402 g/mol. The molecule has 0 fully saturated rings. The summed E-state index contributed by atoms with van der Waals surface area (Å²) in [6, 6.07) is 15.5. The molecule has 0 atom stereocenters. The summed E-state index contributed by atoms with van der Waals surface area (Å²) in [6.07, 6.45) is 1.78. The van der Waals surface area contributed by atoms with Crippen LogP contribution in [0.15, 0.2) is 59.0 Å². The average Bonchev–Trinajstić information content (AvgIpc) is 3.20. The third-order valence-corrected chi connectivity index (χ3v) is 4.79. The van der Waals surface area contributed by atoms with Crippen LogP contribution in [-0.2, 0) is 22.6 Å². The van der Waals surface area contributed by atoms with E-state index in [4.69, 9.17) is 14.2 Å². The molecule has 0 saturated carbocycles. The molecule has 3 aromatic rings. The van der Waals surface area contributed by atoms with Crippen molar-refractivity contribution < 1.29 is 19.0 Å². The van der Waals surface area contributed by atoms with Gasteiger partial charge in [-0.25, -0.2) is 4.98 Å². The van der Waals surface area contributed by atoms with E-state index in [1.54, 1.807) is 25.6 Å². The molecular formula is C22H23N3O4S. The second-order valence-corrected chi connectivity index (χ2v) is 7.03. The van der Waals surface area contributed by atoms with Crippen molar-refractivity contribution in [2.45, 2.75) is 20.0 Å². The number of thiazole rings is 1. The third kappa shape index (κ3) is 6.31. The molecule has 0 aliphatic heterocycles. The summed E-state index contributed by atoms with van der Waals surface area (Å²) < 4.78 is 16.2. The Morgan fingerprint density at radius 2 is 2.07 bits per heavy atom. The molecule has 7 nitrogen and oxygen atoms in total. The third-order valence-electron chi connectivity index (χ3n) is 4.00. The molecule has 3 rings (SSSR count). The van der Waals surface area contributed by atoms with E-state index in [0.717, 1.165) is 11.1 Å². The van der Waals surface area contributed by atoms with E-state index in [-0.39, 0.29) is 12.4 Å². The van der Waals surface area contributed by atoms with Crippen LogP contribution in [0.4, 0.5) is 5.13 Å². The van der Waals surface area contributed by atoms with E-state index in [1.165, 1.54) is 11.3 Å². The van der Waals surface area contributed by atoms with Crippen molar-refractivity contribution in [2.24, 2.45) is 5.10 Å². The first-order valence-electron chi connectivity index (χ1n) is 9.41. The molecule has 0 saturated heterocycles. The highest BCUT2D eigenvalue weighted by molar-refractivity contribution is 7.13. The van der Waals surface area contributed by atoms with Gasteiger partial charge in [0.1, 0.15) is 18.1 Å². The molecule has 1 aromatic heterocycles. The summed E-state index contributed by atoms with van der Waals surface area (Å²) in [6.45, 7) is 2.61. The zero-order valence-corrected chi connectivity index (χ0v) is 17.6. The summed E-state index contributed by atoms with van der Waals surface area (Å²) in [5.74, 6) is 1.09. The Balaban J connectivity index is 1.61. The number of benzene rings is 2. The van der Waals surface area contributed by atoms with Gasteiger partial charge in [-0.3, -0.25) is 10.2 Å². The molecule has 156 valence electrons. The van der Waals surface area contributed by atoms with Gasteiger partial charge in [0.2, 0.25) is 5.13 Å². The molecule has 2 aromatic carbocycles. The maximum Gasteiger partial charge on any atom is 0.311 e. The Bertz CT molecular complexity index is 989. The number of carbonyl (C=O) groups excluding carboxylic acids is 1. The number of nitrogens with one attached hydrogen (secondary N) is 1. The Labute approximate surface area is 179 Å². The quantitative estimate of drug-likeness (QED) is 0.297. The van der Waals surface area contributed by atoms with Gasteiger partial charge >= 0.3 is 5.97 Å². The standard InChI is InChI=1S/C22H23N3O4S/c1-3-28-21(26)12-18-15-30-22(24-18)25-23-13-17-11-19(9-10-20(17)27-2)29-14-16-7-5-4-6-8-16/h4-11,13,15H,3,12,14H2,1-2H3,(H,24,25). The van der Waals surface area contributed by atoms with Crippen molar-refractivity contribution in [3.63, 3.8) is 0 Å². The molecule has 0 spiro atoms. The van der Waals surface area contributed by atoms with Gasteiger partial charge < -0.3 is 14.2 Å². The number of carbonyl (C=O) groups is 1. The highest BCUT2D eigenvalue weighted by Crippen LogP contribution is 2.24. The number of hydrogen-bond acceptors (Lipinski definition) is 8. The first kappa shape index (κ1) is 21.3. The maximum atomic E-state index is 11.5. The van der Waals surface area contributed by atoms with Crippen molar-refractivity contribution in [1.82, 2.24) is 4.98 Å². The van der Waals surface area contributed by atoms with Gasteiger partial charge in [-0.1, -0.05) is 30.3 Å². The van der Waals surface area contributed by atoms with E-state index in [1.807, 2.05) is 48.5 Å². The lowest BCUT2D eigenvalue weighted by Gasteiger charge is -2.09. The summed E-state index contributed by atoms with van der Waals surface area (Å²) >= 11 is 1.36. The number of ether oxygens (including phenoxy) is 3. The zero-order valence-electron chi connectivity index (χ0n) is 16.8. The van der Waals surface area contributed by atoms with Crippen LogP contribution in [0.3, 0.4) is 0 Å². The van der Waals surface area contributed by atoms with Crippen molar-refractivity contribution in [1.29, 1.82) is 0 Å². The minimum absolute atomic E-state index is 0.143. The summed E-state index contributed by atoms with van der Waals surface area (Å²) in [7, 11) is 1.60. The van der Waals surface area contributed by atoms with Gasteiger partial charge in [0.25, 0.3) is 0 Å². The summed E-state index contributed by atoms with van der Waals surface area (Å²) in [5, 5.41) is 6.61. The van der Waals surface area contributed by atoms with E-state index in [9.17, 15) is 4.79 Å². The predicted molar refractivity (Wildman–Crippen MR) is 117 cm³/mol. The number of aromatic nitrogens is 1. The predicted octanol–water partition coefficient (Wildman–Crippen LogP) is 4.28. The lowest BCUT2D eigenvalue weighted by atomic mass is 10.2. The van der Waals surface area contributed by atoms with Crippen LogP contribution in [0.1, 0.15) is 23.7 Å². The van der Waals surface area contributed by atoms with Crippen LogP contribution in [0, 0.1) is 0 Å². The van der Waals surface area contributed by atoms with Gasteiger partial charge in [0, 0.05) is 10.9 Å². The highest BCUT2D eigenvalue weighted by Gasteiger charge is 2.08. The molecule has 0 aliphatic carbocycles. The van der Waals surface area contributed by atoms with Crippen LogP contribution >= 0.6 is 11.3 Å². The molecule has 0 radical (unpaired) electrons. The molecule has 0 aliphatic rings. The second-order valence-electron chi connectivity index (χ2n) is 6.17. The van der Waals surface area contributed by atoms with Crippen molar-refractivity contribution in [3.05, 3.63) is 70.7 Å². The van der Waals surface area contributed by atoms with Crippen LogP contribution in [0.5, 0.6) is 11.5 Å². The lowest BCUT2D eigenvalue weighted by Crippen LogP contribution is -2.07. The number of methoxy groups -OCH3 is 1. The fourth-order valence-corrected chi connectivity index (χ4v) is 3.26. The molecule has 0 unspecified atom stereocenters. The maximum absolute atomic E-state index is 11.5. The Morgan fingerprint density at radius 1 is 1.23 bits per heavy atom. The fraction of sp³-hybridized carbons (Fsp3) is 0.227. The molecule has 30 heavy (non-hydrogen) atoms. The fourth-order valence-electron chi connectivity index (χ4n) is 2.60. The number of anilines is 1. The molecule has 0 amide bonds. The van der Waals surface area contributed by atoms with Gasteiger partial charge in [0.15, 0.2) is 0 Å². The van der Waals surface area contributed by atoms with E-state index >= 15 is 0 Å². The molecule has 1 N–H and O–H groups in total. The first-order chi connectivity index (χ1) is 14.7. The average molecular weight is 426 g/mol. The van der Waals surface area contributed by atoms with Crippen LogP contribution in [0.25, 0.3) is 0 Å². The monoisotopic (exact) mass is 425 g/mol. The second kappa shape index (κ2) is 11.0. The Kier molecular flexibility index (Phi) is 7.79. The normalized spacial score (nSPS) is 10.7. The molecule has 0 bridgehead atoms. The largest absolute Gasteiger partial charge is 0.496 e. The highest BCUT2D eigenvalue weighted by atomic mass is 32.1. The molecule has 8 heteroatoms. The number of hydrogen-bond donors (Lipinski definition) is 1. The van der Waals surface area contributed by atoms with E-state index in [0.29, 0.717) is 35.5 Å². The van der Waals surface area contributed by atoms with Gasteiger partial charge in [0.05, 0.1) is 32.0 Å². The lowest BCUT2D eigenvalue weighted by molar-refractivity contribution is -0.142. The number of hydrazone groups is 1. The van der Waals surface area contributed by atoms with E-state index in [2.05, 4.69) is 15.5 Å². The van der Waals surface area contributed by atoms with E-state index < -0.39 is 0 Å².